The van der Waals surface area contributed by atoms with Crippen molar-refractivity contribution in [3.05, 3.63) is 59.4 Å². The van der Waals surface area contributed by atoms with Gasteiger partial charge in [-0.25, -0.2) is 9.82 Å². The van der Waals surface area contributed by atoms with Gasteiger partial charge in [-0.05, 0) is 54.3 Å². The lowest BCUT2D eigenvalue weighted by Crippen LogP contribution is -2.38. The molecular weight excluding hydrogens is 365 g/mol. The first-order valence-electron chi connectivity index (χ1n) is 8.74. The summed E-state index contributed by atoms with van der Waals surface area (Å²) < 4.78 is 24.2. The van der Waals surface area contributed by atoms with Crippen LogP contribution in [0.3, 0.4) is 0 Å². The van der Waals surface area contributed by atoms with E-state index in [1.165, 1.54) is 25.5 Å². The Labute approximate surface area is 161 Å². The van der Waals surface area contributed by atoms with E-state index >= 15 is 0 Å². The van der Waals surface area contributed by atoms with Crippen LogP contribution in [0.4, 0.5) is 4.39 Å². The Morgan fingerprint density at radius 2 is 2.00 bits per heavy atom. The first-order valence-corrected chi connectivity index (χ1v) is 8.74. The highest BCUT2D eigenvalue weighted by atomic mass is 19.1. The third-order valence-corrected chi connectivity index (χ3v) is 3.97. The fraction of sp³-hybridized carbons (Fsp3) is 0.250. The number of nitrogens with zero attached hydrogens (tertiary/aromatic N) is 1. The summed E-state index contributed by atoms with van der Waals surface area (Å²) in [7, 11) is 1.50. The second-order valence-electron chi connectivity index (χ2n) is 6.28. The number of hydrogen-bond acceptors (Lipinski definition) is 5. The van der Waals surface area contributed by atoms with Crippen molar-refractivity contribution >= 4 is 18.0 Å². The minimum Gasteiger partial charge on any atom is -0.493 e. The molecule has 0 atom stereocenters. The summed E-state index contributed by atoms with van der Waals surface area (Å²) in [6.45, 7) is 0.188. The molecule has 1 saturated carbocycles. The van der Waals surface area contributed by atoms with Crippen LogP contribution in [-0.2, 0) is 16.2 Å². The van der Waals surface area contributed by atoms with Gasteiger partial charge in [0.1, 0.15) is 12.4 Å². The van der Waals surface area contributed by atoms with Crippen molar-refractivity contribution in [2.45, 2.75) is 25.5 Å². The third kappa shape index (κ3) is 5.54. The second kappa shape index (κ2) is 8.98. The number of halogens is 1. The lowest BCUT2D eigenvalue weighted by atomic mass is 10.2. The Morgan fingerprint density at radius 1 is 1.18 bits per heavy atom. The van der Waals surface area contributed by atoms with Gasteiger partial charge in [0.2, 0.25) is 0 Å². The number of amides is 2. The molecule has 0 heterocycles. The quantitative estimate of drug-likeness (QED) is 0.434. The summed E-state index contributed by atoms with van der Waals surface area (Å²) in [5.74, 6) is -0.897. The maximum absolute atomic E-state index is 13.2. The van der Waals surface area contributed by atoms with Crippen LogP contribution in [0.2, 0.25) is 0 Å². The molecule has 0 spiro atoms. The molecule has 0 unspecified atom stereocenters. The molecule has 7 nitrogen and oxygen atoms in total. The van der Waals surface area contributed by atoms with Gasteiger partial charge in [0, 0.05) is 6.04 Å². The molecule has 3 rings (SSSR count). The van der Waals surface area contributed by atoms with E-state index in [-0.39, 0.29) is 18.5 Å². The Hall–Kier alpha value is -3.42. The lowest BCUT2D eigenvalue weighted by molar-refractivity contribution is -0.139. The van der Waals surface area contributed by atoms with Crippen LogP contribution in [0.25, 0.3) is 0 Å². The predicted molar refractivity (Wildman–Crippen MR) is 101 cm³/mol. The molecular formula is C20H20FN3O4. The molecule has 0 bridgehead atoms. The van der Waals surface area contributed by atoms with Crippen molar-refractivity contribution in [1.82, 2.24) is 10.7 Å². The average Bonchev–Trinajstić information content (AvgIpc) is 3.50. The topological polar surface area (TPSA) is 89.0 Å². The first-order chi connectivity index (χ1) is 13.5. The summed E-state index contributed by atoms with van der Waals surface area (Å²) in [6, 6.07) is 11.3. The first kappa shape index (κ1) is 19.3. The lowest BCUT2D eigenvalue weighted by Gasteiger charge is -2.11. The molecule has 28 heavy (non-hydrogen) atoms. The molecule has 8 heteroatoms. The van der Waals surface area contributed by atoms with Gasteiger partial charge in [0.05, 0.1) is 13.3 Å². The Balaban J connectivity index is 1.57. The predicted octanol–water partition coefficient (Wildman–Crippen LogP) is 2.14. The van der Waals surface area contributed by atoms with E-state index in [9.17, 15) is 14.0 Å². The highest BCUT2D eigenvalue weighted by Gasteiger charge is 2.26. The monoisotopic (exact) mass is 385 g/mol. The van der Waals surface area contributed by atoms with Gasteiger partial charge < -0.3 is 14.8 Å². The van der Waals surface area contributed by atoms with Crippen molar-refractivity contribution in [2.75, 3.05) is 7.11 Å². The van der Waals surface area contributed by atoms with Gasteiger partial charge in [0.25, 0.3) is 0 Å². The molecule has 0 aliphatic heterocycles. The Bertz CT molecular complexity index is 897. The second-order valence-corrected chi connectivity index (χ2v) is 6.28. The SMILES string of the molecule is COc1cc(/C=N\NC(=O)C(=O)NC2CC2)ccc1OCc1cccc(F)c1. The Morgan fingerprint density at radius 3 is 2.71 bits per heavy atom. The Kier molecular flexibility index (Phi) is 6.21. The summed E-state index contributed by atoms with van der Waals surface area (Å²) in [5.41, 5.74) is 3.51. The fourth-order valence-electron chi connectivity index (χ4n) is 2.37. The van der Waals surface area contributed by atoms with E-state index < -0.39 is 11.8 Å². The van der Waals surface area contributed by atoms with Crippen molar-refractivity contribution in [3.63, 3.8) is 0 Å². The molecule has 1 aliphatic carbocycles. The van der Waals surface area contributed by atoms with Gasteiger partial charge in [-0.1, -0.05) is 12.1 Å². The van der Waals surface area contributed by atoms with Gasteiger partial charge >= 0.3 is 11.8 Å². The zero-order valence-electron chi connectivity index (χ0n) is 15.3. The van der Waals surface area contributed by atoms with E-state index in [0.717, 1.165) is 12.8 Å². The number of carbonyl (C=O) groups is 2. The molecule has 146 valence electrons. The fourth-order valence-corrected chi connectivity index (χ4v) is 2.37. The molecule has 2 aromatic rings. The van der Waals surface area contributed by atoms with E-state index in [1.54, 1.807) is 30.3 Å². The number of ether oxygens (including phenoxy) is 2. The average molecular weight is 385 g/mol. The molecule has 2 aromatic carbocycles. The van der Waals surface area contributed by atoms with Crippen LogP contribution < -0.4 is 20.2 Å². The van der Waals surface area contributed by atoms with Crippen LogP contribution in [0.1, 0.15) is 24.0 Å². The zero-order chi connectivity index (χ0) is 19.9. The highest BCUT2D eigenvalue weighted by molar-refractivity contribution is 6.35. The summed E-state index contributed by atoms with van der Waals surface area (Å²) in [5, 5.41) is 6.35. The van der Waals surface area contributed by atoms with Gasteiger partial charge in [-0.3, -0.25) is 9.59 Å². The third-order valence-electron chi connectivity index (χ3n) is 3.97. The van der Waals surface area contributed by atoms with Gasteiger partial charge in [0.15, 0.2) is 11.5 Å². The number of hydrogen-bond donors (Lipinski definition) is 2. The molecule has 0 radical (unpaired) electrons. The number of methoxy groups -OCH3 is 1. The summed E-state index contributed by atoms with van der Waals surface area (Å²) in [4.78, 5) is 23.1. The van der Waals surface area contributed by atoms with Crippen molar-refractivity contribution in [3.8, 4) is 11.5 Å². The molecule has 2 amide bonds. The van der Waals surface area contributed by atoms with E-state index in [2.05, 4.69) is 15.8 Å². The molecule has 1 aliphatic rings. The van der Waals surface area contributed by atoms with Crippen LogP contribution in [0, 0.1) is 5.82 Å². The summed E-state index contributed by atoms with van der Waals surface area (Å²) in [6.07, 6.45) is 3.19. The van der Waals surface area contributed by atoms with Crippen LogP contribution in [-0.4, -0.2) is 31.2 Å². The molecule has 1 fully saturated rings. The number of benzene rings is 2. The minimum absolute atomic E-state index is 0.103. The largest absolute Gasteiger partial charge is 0.493 e. The van der Waals surface area contributed by atoms with Crippen LogP contribution in [0.5, 0.6) is 11.5 Å². The summed E-state index contributed by atoms with van der Waals surface area (Å²) >= 11 is 0. The maximum atomic E-state index is 13.2. The number of carbonyl (C=O) groups excluding carboxylic acids is 2. The van der Waals surface area contributed by atoms with E-state index in [1.807, 2.05) is 0 Å². The molecule has 2 N–H and O–H groups in total. The van der Waals surface area contributed by atoms with Gasteiger partial charge in [-0.15, -0.1) is 0 Å². The van der Waals surface area contributed by atoms with E-state index in [0.29, 0.717) is 22.6 Å². The smallest absolute Gasteiger partial charge is 0.329 e. The minimum atomic E-state index is -0.815. The standard InChI is InChI=1S/C20H20FN3O4/c1-27-18-10-13(11-22-24-20(26)19(25)23-16-6-7-16)5-8-17(18)28-12-14-3-2-4-15(21)9-14/h2-5,8-11,16H,6-7,12H2,1H3,(H,23,25)(H,24,26)/b22-11-. The van der Waals surface area contributed by atoms with Crippen molar-refractivity contribution < 1.29 is 23.5 Å². The number of rotatable bonds is 7. The van der Waals surface area contributed by atoms with Crippen molar-refractivity contribution in [2.24, 2.45) is 5.10 Å². The number of hydrazone groups is 1. The normalized spacial score (nSPS) is 13.2. The van der Waals surface area contributed by atoms with Gasteiger partial charge in [-0.2, -0.15) is 5.10 Å². The maximum Gasteiger partial charge on any atom is 0.329 e. The van der Waals surface area contributed by atoms with Crippen LogP contribution >= 0.6 is 0 Å². The number of nitrogens with one attached hydrogen (secondary N) is 2. The molecule has 0 saturated heterocycles. The van der Waals surface area contributed by atoms with E-state index in [4.69, 9.17) is 9.47 Å². The molecule has 0 aromatic heterocycles. The highest BCUT2D eigenvalue weighted by Crippen LogP contribution is 2.28. The van der Waals surface area contributed by atoms with Crippen molar-refractivity contribution in [1.29, 1.82) is 0 Å². The van der Waals surface area contributed by atoms with Crippen LogP contribution in [0.15, 0.2) is 47.6 Å². The zero-order valence-corrected chi connectivity index (χ0v) is 15.3.